The van der Waals surface area contributed by atoms with Crippen molar-refractivity contribution < 1.29 is 4.42 Å². The molecule has 0 aliphatic carbocycles. The molecule has 0 aliphatic rings. The van der Waals surface area contributed by atoms with Crippen LogP contribution in [-0.4, -0.2) is 6.54 Å². The highest BCUT2D eigenvalue weighted by Crippen LogP contribution is 2.21. The van der Waals surface area contributed by atoms with E-state index in [1.807, 2.05) is 0 Å². The Balaban J connectivity index is 2.65. The van der Waals surface area contributed by atoms with Gasteiger partial charge in [-0.1, -0.05) is 27.2 Å². The van der Waals surface area contributed by atoms with Crippen molar-refractivity contribution in [1.82, 2.24) is 5.32 Å². The quantitative estimate of drug-likeness (QED) is 0.753. The number of rotatable bonds is 6. The molecule has 1 unspecified atom stereocenters. The summed E-state index contributed by atoms with van der Waals surface area (Å²) in [6.07, 6.45) is 3.30. The SMILES string of the molecule is CCCC(NCC)c1ccc(CC)o1. The first kappa shape index (κ1) is 11.3. The summed E-state index contributed by atoms with van der Waals surface area (Å²) in [6, 6.07) is 4.57. The summed E-state index contributed by atoms with van der Waals surface area (Å²) >= 11 is 0. The van der Waals surface area contributed by atoms with Crippen molar-refractivity contribution >= 4 is 0 Å². The van der Waals surface area contributed by atoms with Crippen LogP contribution in [0.5, 0.6) is 0 Å². The predicted molar refractivity (Wildman–Crippen MR) is 59.4 cm³/mol. The van der Waals surface area contributed by atoms with Crippen molar-refractivity contribution in [2.75, 3.05) is 6.54 Å². The van der Waals surface area contributed by atoms with E-state index in [-0.39, 0.29) is 0 Å². The maximum atomic E-state index is 5.74. The molecule has 0 aromatic carbocycles. The number of furan rings is 1. The second kappa shape index (κ2) is 5.86. The molecule has 1 rings (SSSR count). The fraction of sp³-hybridized carbons (Fsp3) is 0.667. The molecule has 1 aromatic heterocycles. The Bertz CT molecular complexity index is 249. The lowest BCUT2D eigenvalue weighted by molar-refractivity contribution is 0.382. The molecule has 0 spiro atoms. The molecule has 1 N–H and O–H groups in total. The lowest BCUT2D eigenvalue weighted by Crippen LogP contribution is -2.20. The molecule has 2 heteroatoms. The third-order valence-electron chi connectivity index (χ3n) is 2.40. The minimum absolute atomic E-state index is 0.394. The van der Waals surface area contributed by atoms with E-state index in [1.165, 1.54) is 6.42 Å². The summed E-state index contributed by atoms with van der Waals surface area (Å²) in [5.74, 6) is 2.17. The van der Waals surface area contributed by atoms with Crippen molar-refractivity contribution in [2.45, 2.75) is 46.1 Å². The second-order valence-electron chi connectivity index (χ2n) is 3.56. The Hall–Kier alpha value is -0.760. The molecule has 1 aromatic rings. The van der Waals surface area contributed by atoms with Crippen LogP contribution in [0, 0.1) is 0 Å². The Morgan fingerprint density at radius 3 is 2.57 bits per heavy atom. The summed E-state index contributed by atoms with van der Waals surface area (Å²) < 4.78 is 5.74. The summed E-state index contributed by atoms with van der Waals surface area (Å²) in [5.41, 5.74) is 0. The molecular formula is C12H21NO. The van der Waals surface area contributed by atoms with Crippen LogP contribution in [0.2, 0.25) is 0 Å². The van der Waals surface area contributed by atoms with Gasteiger partial charge in [0.05, 0.1) is 6.04 Å². The highest BCUT2D eigenvalue weighted by Gasteiger charge is 2.12. The molecule has 0 aliphatic heterocycles. The maximum Gasteiger partial charge on any atom is 0.121 e. The molecule has 0 fully saturated rings. The monoisotopic (exact) mass is 195 g/mol. The minimum atomic E-state index is 0.394. The van der Waals surface area contributed by atoms with Crippen LogP contribution in [0.15, 0.2) is 16.5 Å². The standard InChI is InChI=1S/C12H21NO/c1-4-7-11(13-6-3)12-9-8-10(5-2)14-12/h8-9,11,13H,4-7H2,1-3H3. The van der Waals surface area contributed by atoms with Gasteiger partial charge in [-0.05, 0) is 25.1 Å². The summed E-state index contributed by atoms with van der Waals surface area (Å²) in [7, 11) is 0. The molecule has 0 bridgehead atoms. The van der Waals surface area contributed by atoms with Crippen molar-refractivity contribution in [3.8, 4) is 0 Å². The first-order chi connectivity index (χ1) is 6.81. The van der Waals surface area contributed by atoms with E-state index in [1.54, 1.807) is 0 Å². The van der Waals surface area contributed by atoms with Crippen LogP contribution in [0.25, 0.3) is 0 Å². The molecular weight excluding hydrogens is 174 g/mol. The summed E-state index contributed by atoms with van der Waals surface area (Å²) in [6.45, 7) is 7.44. The number of aryl methyl sites for hydroxylation is 1. The van der Waals surface area contributed by atoms with E-state index in [0.717, 1.165) is 30.9 Å². The highest BCUT2D eigenvalue weighted by molar-refractivity contribution is 5.10. The number of nitrogens with one attached hydrogen (secondary N) is 1. The third-order valence-corrected chi connectivity index (χ3v) is 2.40. The van der Waals surface area contributed by atoms with Gasteiger partial charge in [0.25, 0.3) is 0 Å². The smallest absolute Gasteiger partial charge is 0.121 e. The van der Waals surface area contributed by atoms with Crippen molar-refractivity contribution in [3.63, 3.8) is 0 Å². The van der Waals surface area contributed by atoms with E-state index in [9.17, 15) is 0 Å². The van der Waals surface area contributed by atoms with Gasteiger partial charge in [-0.2, -0.15) is 0 Å². The van der Waals surface area contributed by atoms with E-state index in [2.05, 4.69) is 38.2 Å². The van der Waals surface area contributed by atoms with Gasteiger partial charge >= 0.3 is 0 Å². The molecule has 2 nitrogen and oxygen atoms in total. The molecule has 0 amide bonds. The summed E-state index contributed by atoms with van der Waals surface area (Å²) in [4.78, 5) is 0. The molecule has 14 heavy (non-hydrogen) atoms. The topological polar surface area (TPSA) is 25.2 Å². The van der Waals surface area contributed by atoms with E-state index in [4.69, 9.17) is 4.42 Å². The Labute approximate surface area is 86.7 Å². The molecule has 1 atom stereocenters. The molecule has 0 radical (unpaired) electrons. The first-order valence-electron chi connectivity index (χ1n) is 5.63. The van der Waals surface area contributed by atoms with Crippen LogP contribution in [0.3, 0.4) is 0 Å². The van der Waals surface area contributed by atoms with E-state index in [0.29, 0.717) is 6.04 Å². The third kappa shape index (κ3) is 2.88. The molecule has 0 saturated carbocycles. The van der Waals surface area contributed by atoms with Crippen molar-refractivity contribution in [2.24, 2.45) is 0 Å². The van der Waals surface area contributed by atoms with Crippen molar-refractivity contribution in [1.29, 1.82) is 0 Å². The van der Waals surface area contributed by atoms with Gasteiger partial charge in [0.2, 0.25) is 0 Å². The maximum absolute atomic E-state index is 5.74. The second-order valence-corrected chi connectivity index (χ2v) is 3.56. The fourth-order valence-electron chi connectivity index (χ4n) is 1.65. The van der Waals surface area contributed by atoms with Gasteiger partial charge in [-0.3, -0.25) is 0 Å². The van der Waals surface area contributed by atoms with Crippen LogP contribution < -0.4 is 5.32 Å². The van der Waals surface area contributed by atoms with Crippen LogP contribution in [0.1, 0.15) is 51.2 Å². The highest BCUT2D eigenvalue weighted by atomic mass is 16.3. The van der Waals surface area contributed by atoms with Gasteiger partial charge in [-0.15, -0.1) is 0 Å². The lowest BCUT2D eigenvalue weighted by Gasteiger charge is -2.14. The summed E-state index contributed by atoms with van der Waals surface area (Å²) in [5, 5.41) is 3.44. The Morgan fingerprint density at radius 2 is 2.07 bits per heavy atom. The van der Waals surface area contributed by atoms with Crippen LogP contribution in [-0.2, 0) is 6.42 Å². The molecule has 80 valence electrons. The first-order valence-corrected chi connectivity index (χ1v) is 5.63. The lowest BCUT2D eigenvalue weighted by atomic mass is 10.1. The zero-order valence-corrected chi connectivity index (χ0v) is 9.47. The Kier molecular flexibility index (Phi) is 4.74. The Morgan fingerprint density at radius 1 is 1.29 bits per heavy atom. The zero-order chi connectivity index (χ0) is 10.4. The normalized spacial score (nSPS) is 13.1. The van der Waals surface area contributed by atoms with Gasteiger partial charge in [0.15, 0.2) is 0 Å². The minimum Gasteiger partial charge on any atom is -0.464 e. The predicted octanol–water partition coefficient (Wildman–Crippen LogP) is 3.29. The van der Waals surface area contributed by atoms with Crippen LogP contribution >= 0.6 is 0 Å². The molecule has 1 heterocycles. The van der Waals surface area contributed by atoms with Gasteiger partial charge in [0.1, 0.15) is 11.5 Å². The van der Waals surface area contributed by atoms with Crippen LogP contribution in [0.4, 0.5) is 0 Å². The van der Waals surface area contributed by atoms with Gasteiger partial charge in [-0.25, -0.2) is 0 Å². The van der Waals surface area contributed by atoms with Gasteiger partial charge in [0, 0.05) is 6.42 Å². The average molecular weight is 195 g/mol. The molecule has 0 saturated heterocycles. The van der Waals surface area contributed by atoms with E-state index >= 15 is 0 Å². The average Bonchev–Trinajstić information content (AvgIpc) is 2.65. The largest absolute Gasteiger partial charge is 0.464 e. The van der Waals surface area contributed by atoms with E-state index < -0.39 is 0 Å². The fourth-order valence-corrected chi connectivity index (χ4v) is 1.65. The zero-order valence-electron chi connectivity index (χ0n) is 9.47. The van der Waals surface area contributed by atoms with Gasteiger partial charge < -0.3 is 9.73 Å². The van der Waals surface area contributed by atoms with Crippen molar-refractivity contribution in [3.05, 3.63) is 23.7 Å². The number of hydrogen-bond donors (Lipinski definition) is 1. The number of hydrogen-bond acceptors (Lipinski definition) is 2.